The number of methoxy groups -OCH3 is 1. The molecule has 4 nitrogen and oxygen atoms in total. The number of nitrogen functional groups attached to an aromatic ring is 1. The van der Waals surface area contributed by atoms with Crippen molar-refractivity contribution in [3.05, 3.63) is 29.8 Å². The minimum Gasteiger partial charge on any atom is -0.496 e. The maximum absolute atomic E-state index is 5.49. The van der Waals surface area contributed by atoms with Gasteiger partial charge in [0.2, 0.25) is 5.88 Å². The molecule has 0 fully saturated rings. The van der Waals surface area contributed by atoms with Crippen molar-refractivity contribution in [1.82, 2.24) is 5.16 Å². The first-order valence-electron chi connectivity index (χ1n) is 5.14. The molecule has 16 heavy (non-hydrogen) atoms. The molecule has 0 saturated carbocycles. The summed E-state index contributed by atoms with van der Waals surface area (Å²) in [5, 5.41) is 3.88. The van der Waals surface area contributed by atoms with Crippen molar-refractivity contribution in [2.45, 2.75) is 13.3 Å². The first-order valence-corrected chi connectivity index (χ1v) is 5.14. The molecule has 2 aromatic rings. The standard InChI is InChI=1S/C12H14N2O2/c1-3-8-6-9(4-5-11(8)15-2)10-7-12(13)16-14-10/h4-7H,3,13H2,1-2H3. The van der Waals surface area contributed by atoms with Crippen molar-refractivity contribution in [1.29, 1.82) is 0 Å². The number of anilines is 1. The molecule has 0 amide bonds. The average molecular weight is 218 g/mol. The lowest BCUT2D eigenvalue weighted by Crippen LogP contribution is -1.91. The van der Waals surface area contributed by atoms with Crippen molar-refractivity contribution in [3.63, 3.8) is 0 Å². The summed E-state index contributed by atoms with van der Waals surface area (Å²) >= 11 is 0. The van der Waals surface area contributed by atoms with Crippen LogP contribution in [0.5, 0.6) is 5.75 Å². The summed E-state index contributed by atoms with van der Waals surface area (Å²) in [5.41, 5.74) is 8.36. The Morgan fingerprint density at radius 3 is 2.75 bits per heavy atom. The van der Waals surface area contributed by atoms with Crippen molar-refractivity contribution >= 4 is 5.88 Å². The van der Waals surface area contributed by atoms with E-state index in [0.717, 1.165) is 29.0 Å². The molecule has 0 atom stereocenters. The Morgan fingerprint density at radius 1 is 1.38 bits per heavy atom. The van der Waals surface area contributed by atoms with Gasteiger partial charge in [0.05, 0.1) is 7.11 Å². The molecule has 0 saturated heterocycles. The van der Waals surface area contributed by atoms with E-state index in [1.165, 1.54) is 0 Å². The Balaban J connectivity index is 2.43. The first-order chi connectivity index (χ1) is 7.74. The number of rotatable bonds is 3. The molecule has 1 aromatic heterocycles. The average Bonchev–Trinajstić information content (AvgIpc) is 2.75. The van der Waals surface area contributed by atoms with E-state index in [1.807, 2.05) is 18.2 Å². The Kier molecular flexibility index (Phi) is 2.81. The number of nitrogens with zero attached hydrogens (tertiary/aromatic N) is 1. The number of aryl methyl sites for hydroxylation is 1. The van der Waals surface area contributed by atoms with Gasteiger partial charge < -0.3 is 15.0 Å². The fraction of sp³-hybridized carbons (Fsp3) is 0.250. The van der Waals surface area contributed by atoms with Crippen LogP contribution in [0.1, 0.15) is 12.5 Å². The molecule has 0 radical (unpaired) electrons. The fourth-order valence-corrected chi connectivity index (χ4v) is 1.64. The lowest BCUT2D eigenvalue weighted by Gasteiger charge is -2.07. The molecule has 0 aliphatic rings. The van der Waals surface area contributed by atoms with Gasteiger partial charge in [0, 0.05) is 11.6 Å². The number of aromatic nitrogens is 1. The molecular weight excluding hydrogens is 204 g/mol. The highest BCUT2D eigenvalue weighted by molar-refractivity contribution is 5.63. The zero-order valence-electron chi connectivity index (χ0n) is 9.36. The van der Waals surface area contributed by atoms with Gasteiger partial charge in [-0.15, -0.1) is 0 Å². The largest absolute Gasteiger partial charge is 0.496 e. The van der Waals surface area contributed by atoms with E-state index in [9.17, 15) is 0 Å². The summed E-state index contributed by atoms with van der Waals surface area (Å²) in [5.74, 6) is 1.21. The maximum atomic E-state index is 5.49. The topological polar surface area (TPSA) is 61.3 Å². The molecule has 0 aliphatic carbocycles. The highest BCUT2D eigenvalue weighted by Gasteiger charge is 2.07. The van der Waals surface area contributed by atoms with Gasteiger partial charge in [-0.05, 0) is 30.2 Å². The number of hydrogen-bond acceptors (Lipinski definition) is 4. The number of ether oxygens (including phenoxy) is 1. The third-order valence-corrected chi connectivity index (χ3v) is 2.49. The maximum Gasteiger partial charge on any atom is 0.222 e. The second kappa shape index (κ2) is 4.26. The van der Waals surface area contributed by atoms with Gasteiger partial charge in [0.25, 0.3) is 0 Å². The zero-order valence-corrected chi connectivity index (χ0v) is 9.36. The van der Waals surface area contributed by atoms with Crippen LogP contribution in [0.15, 0.2) is 28.8 Å². The van der Waals surface area contributed by atoms with Crippen LogP contribution in [-0.4, -0.2) is 12.3 Å². The van der Waals surface area contributed by atoms with Crippen LogP contribution < -0.4 is 10.5 Å². The highest BCUT2D eigenvalue weighted by Crippen LogP contribution is 2.27. The second-order valence-corrected chi connectivity index (χ2v) is 3.49. The minimum absolute atomic E-state index is 0.323. The Bertz CT molecular complexity index is 492. The predicted molar refractivity (Wildman–Crippen MR) is 62.3 cm³/mol. The molecule has 0 bridgehead atoms. The quantitative estimate of drug-likeness (QED) is 0.859. The van der Waals surface area contributed by atoms with Gasteiger partial charge in [-0.2, -0.15) is 0 Å². The van der Waals surface area contributed by atoms with Crippen LogP contribution >= 0.6 is 0 Å². The third-order valence-electron chi connectivity index (χ3n) is 2.49. The van der Waals surface area contributed by atoms with E-state index >= 15 is 0 Å². The third kappa shape index (κ3) is 1.86. The summed E-state index contributed by atoms with van der Waals surface area (Å²) < 4.78 is 10.1. The molecule has 1 heterocycles. The van der Waals surface area contributed by atoms with Crippen LogP contribution in [0.4, 0.5) is 5.88 Å². The second-order valence-electron chi connectivity index (χ2n) is 3.49. The first kappa shape index (κ1) is 10.5. The summed E-state index contributed by atoms with van der Waals surface area (Å²) in [6, 6.07) is 7.62. The van der Waals surface area contributed by atoms with Gasteiger partial charge in [0.15, 0.2) is 0 Å². The minimum atomic E-state index is 0.323. The van der Waals surface area contributed by atoms with Gasteiger partial charge in [-0.3, -0.25) is 0 Å². The van der Waals surface area contributed by atoms with Crippen LogP contribution in [0.25, 0.3) is 11.3 Å². The Morgan fingerprint density at radius 2 is 2.19 bits per heavy atom. The van der Waals surface area contributed by atoms with Gasteiger partial charge in [0.1, 0.15) is 11.4 Å². The monoisotopic (exact) mass is 218 g/mol. The molecule has 0 unspecified atom stereocenters. The lowest BCUT2D eigenvalue weighted by molar-refractivity contribution is 0.410. The number of benzene rings is 1. The van der Waals surface area contributed by atoms with E-state index in [4.69, 9.17) is 15.0 Å². The van der Waals surface area contributed by atoms with Crippen LogP contribution in [0, 0.1) is 0 Å². The number of nitrogens with two attached hydrogens (primary N) is 1. The molecule has 2 rings (SSSR count). The summed E-state index contributed by atoms with van der Waals surface area (Å²) in [4.78, 5) is 0. The van der Waals surface area contributed by atoms with Crippen LogP contribution in [-0.2, 0) is 6.42 Å². The molecule has 1 aromatic carbocycles. The molecule has 84 valence electrons. The van der Waals surface area contributed by atoms with E-state index in [1.54, 1.807) is 13.2 Å². The van der Waals surface area contributed by atoms with Crippen LogP contribution in [0.3, 0.4) is 0 Å². The Labute approximate surface area is 94.0 Å². The summed E-state index contributed by atoms with van der Waals surface area (Å²) in [6.07, 6.45) is 0.907. The van der Waals surface area contributed by atoms with E-state index in [2.05, 4.69) is 12.1 Å². The van der Waals surface area contributed by atoms with Crippen molar-refractivity contribution in [2.75, 3.05) is 12.8 Å². The normalized spacial score (nSPS) is 10.4. The highest BCUT2D eigenvalue weighted by atomic mass is 16.5. The van der Waals surface area contributed by atoms with Crippen LogP contribution in [0.2, 0.25) is 0 Å². The van der Waals surface area contributed by atoms with Gasteiger partial charge >= 0.3 is 0 Å². The van der Waals surface area contributed by atoms with E-state index < -0.39 is 0 Å². The lowest BCUT2D eigenvalue weighted by atomic mass is 10.1. The predicted octanol–water partition coefficient (Wildman–Crippen LogP) is 2.49. The summed E-state index contributed by atoms with van der Waals surface area (Å²) in [7, 11) is 1.67. The van der Waals surface area contributed by atoms with E-state index in [0.29, 0.717) is 5.88 Å². The molecule has 0 aliphatic heterocycles. The van der Waals surface area contributed by atoms with Gasteiger partial charge in [-0.1, -0.05) is 12.1 Å². The molecule has 2 N–H and O–H groups in total. The molecule has 4 heteroatoms. The molecule has 0 spiro atoms. The SMILES string of the molecule is CCc1cc(-c2cc(N)on2)ccc1OC. The zero-order chi connectivity index (χ0) is 11.5. The van der Waals surface area contributed by atoms with Crippen molar-refractivity contribution in [2.24, 2.45) is 0 Å². The summed E-state index contributed by atoms with van der Waals surface area (Å²) in [6.45, 7) is 2.08. The smallest absolute Gasteiger partial charge is 0.222 e. The molecular formula is C12H14N2O2. The van der Waals surface area contributed by atoms with E-state index in [-0.39, 0.29) is 0 Å². The van der Waals surface area contributed by atoms with Crippen molar-refractivity contribution in [3.8, 4) is 17.0 Å². The fourth-order valence-electron chi connectivity index (χ4n) is 1.64. The van der Waals surface area contributed by atoms with Gasteiger partial charge in [-0.25, -0.2) is 0 Å². The number of hydrogen-bond donors (Lipinski definition) is 1. The Hall–Kier alpha value is -1.97. The van der Waals surface area contributed by atoms with Crippen molar-refractivity contribution < 1.29 is 9.26 Å².